The topological polar surface area (TPSA) is 94.4 Å². The van der Waals surface area contributed by atoms with E-state index in [-0.39, 0.29) is 30.5 Å². The van der Waals surface area contributed by atoms with Gasteiger partial charge in [0.2, 0.25) is 11.8 Å². The lowest BCUT2D eigenvalue weighted by atomic mass is 9.95. The molecule has 0 saturated carbocycles. The first kappa shape index (κ1) is 25.7. The second-order valence-corrected chi connectivity index (χ2v) is 10.6. The molecule has 2 aliphatic rings. The Hall–Kier alpha value is -3.96. The number of imide groups is 1. The molecule has 0 spiro atoms. The number of carbonyl (C=O) groups excluding carboxylic acids is 3. The van der Waals surface area contributed by atoms with Gasteiger partial charge in [0.25, 0.3) is 5.91 Å². The molecule has 3 amide bonds. The maximum Gasteiger partial charge on any atom is 0.257 e. The van der Waals surface area contributed by atoms with Gasteiger partial charge >= 0.3 is 0 Å². The Kier molecular flexibility index (Phi) is 7.57. The average Bonchev–Trinajstić information content (AvgIpc) is 3.23. The summed E-state index contributed by atoms with van der Waals surface area (Å²) in [5.41, 5.74) is 4.97. The van der Waals surface area contributed by atoms with Crippen molar-refractivity contribution < 1.29 is 14.4 Å². The van der Waals surface area contributed by atoms with Gasteiger partial charge in [-0.3, -0.25) is 14.4 Å². The van der Waals surface area contributed by atoms with Crippen LogP contribution in [0.4, 0.5) is 5.69 Å². The number of anilines is 1. The first-order chi connectivity index (χ1) is 18.4. The number of benzene rings is 2. The maximum absolute atomic E-state index is 13.6. The zero-order valence-electron chi connectivity index (χ0n) is 21.2. The normalized spacial score (nSPS) is 16.7. The summed E-state index contributed by atoms with van der Waals surface area (Å²) in [6.45, 7) is 2.14. The van der Waals surface area contributed by atoms with E-state index in [2.05, 4.69) is 6.07 Å². The zero-order chi connectivity index (χ0) is 26.6. The fourth-order valence-corrected chi connectivity index (χ4v) is 5.86. The molecule has 2 aromatic carbocycles. The number of pyridine rings is 1. The van der Waals surface area contributed by atoms with Crippen LogP contribution in [-0.4, -0.2) is 39.4 Å². The first-order valence-corrected chi connectivity index (χ1v) is 13.8. The predicted molar refractivity (Wildman–Crippen MR) is 145 cm³/mol. The standard InChI is InChI=1S/C30H28N4O3S/c1-20-11-13-24(14-12-20)34-27(35)16-26(30(34)37)33(18-21-7-3-2-4-8-21)28(36)19-38-29-23(17-31)15-22-9-5-6-10-25(22)32-29/h2-4,7-8,11-15,26H,5-6,9-10,16,18-19H2,1H3. The third-order valence-electron chi connectivity index (χ3n) is 7.03. The van der Waals surface area contributed by atoms with E-state index in [0.717, 1.165) is 48.1 Å². The van der Waals surface area contributed by atoms with Gasteiger partial charge in [-0.05, 0) is 61.9 Å². The van der Waals surface area contributed by atoms with Gasteiger partial charge in [-0.15, -0.1) is 0 Å². The van der Waals surface area contributed by atoms with E-state index in [1.54, 1.807) is 12.1 Å². The van der Waals surface area contributed by atoms with Crippen molar-refractivity contribution in [3.8, 4) is 6.07 Å². The summed E-state index contributed by atoms with van der Waals surface area (Å²) in [6.07, 6.45) is 3.87. The van der Waals surface area contributed by atoms with Crippen molar-refractivity contribution in [1.29, 1.82) is 5.26 Å². The van der Waals surface area contributed by atoms with E-state index < -0.39 is 11.9 Å². The summed E-state index contributed by atoms with van der Waals surface area (Å²) in [6, 6.07) is 19.9. The molecule has 7 nitrogen and oxygen atoms in total. The average molecular weight is 525 g/mol. The summed E-state index contributed by atoms with van der Waals surface area (Å²) < 4.78 is 0. The summed E-state index contributed by atoms with van der Waals surface area (Å²) in [5.74, 6) is -1.00. The molecule has 8 heteroatoms. The fourth-order valence-electron chi connectivity index (χ4n) is 4.99. The van der Waals surface area contributed by atoms with Crippen LogP contribution in [0.3, 0.4) is 0 Å². The number of nitrogens with zero attached hydrogens (tertiary/aromatic N) is 4. The molecule has 1 aliphatic heterocycles. The van der Waals surface area contributed by atoms with E-state index in [1.807, 2.05) is 55.5 Å². The van der Waals surface area contributed by atoms with Crippen LogP contribution in [0, 0.1) is 18.3 Å². The van der Waals surface area contributed by atoms with Crippen LogP contribution in [0.25, 0.3) is 0 Å². The third kappa shape index (κ3) is 5.34. The number of aryl methyl sites for hydroxylation is 3. The molecular formula is C30H28N4O3S. The Balaban J connectivity index is 1.39. The number of hydrogen-bond donors (Lipinski definition) is 0. The highest BCUT2D eigenvalue weighted by Gasteiger charge is 2.44. The molecule has 0 radical (unpaired) electrons. The van der Waals surface area contributed by atoms with E-state index in [4.69, 9.17) is 4.98 Å². The molecule has 5 rings (SSSR count). The van der Waals surface area contributed by atoms with Gasteiger partial charge in [-0.2, -0.15) is 5.26 Å². The number of amides is 3. The minimum absolute atomic E-state index is 0.00972. The van der Waals surface area contributed by atoms with Crippen LogP contribution >= 0.6 is 11.8 Å². The van der Waals surface area contributed by atoms with Crippen molar-refractivity contribution in [2.24, 2.45) is 0 Å². The van der Waals surface area contributed by atoms with Crippen LogP contribution in [0.5, 0.6) is 0 Å². The smallest absolute Gasteiger partial charge is 0.257 e. The molecule has 1 atom stereocenters. The number of hydrogen-bond acceptors (Lipinski definition) is 6. The quantitative estimate of drug-likeness (QED) is 0.331. The molecule has 2 heterocycles. The Bertz CT molecular complexity index is 1420. The number of aromatic nitrogens is 1. The van der Waals surface area contributed by atoms with Gasteiger partial charge in [0.05, 0.1) is 23.4 Å². The number of rotatable bonds is 7. The number of fused-ring (bicyclic) bond motifs is 1. The SMILES string of the molecule is Cc1ccc(N2C(=O)CC(N(Cc3ccccc3)C(=O)CSc3nc4c(cc3C#N)CCCC4)C2=O)cc1. The number of nitriles is 1. The highest BCUT2D eigenvalue weighted by molar-refractivity contribution is 8.00. The van der Waals surface area contributed by atoms with Crippen molar-refractivity contribution in [2.75, 3.05) is 10.7 Å². The van der Waals surface area contributed by atoms with E-state index in [1.165, 1.54) is 21.6 Å². The van der Waals surface area contributed by atoms with Gasteiger partial charge < -0.3 is 4.90 Å². The van der Waals surface area contributed by atoms with E-state index in [9.17, 15) is 19.6 Å². The van der Waals surface area contributed by atoms with Crippen molar-refractivity contribution in [3.05, 3.63) is 88.6 Å². The second-order valence-electron chi connectivity index (χ2n) is 9.68. The van der Waals surface area contributed by atoms with Crippen molar-refractivity contribution >= 4 is 35.2 Å². The monoisotopic (exact) mass is 524 g/mol. The highest BCUT2D eigenvalue weighted by Crippen LogP contribution is 2.30. The fraction of sp³-hybridized carbons (Fsp3) is 0.300. The van der Waals surface area contributed by atoms with Crippen LogP contribution in [0.15, 0.2) is 65.7 Å². The lowest BCUT2D eigenvalue weighted by Crippen LogP contribution is -2.45. The minimum Gasteiger partial charge on any atom is -0.325 e. The van der Waals surface area contributed by atoms with Gasteiger partial charge in [0.1, 0.15) is 17.1 Å². The lowest BCUT2D eigenvalue weighted by molar-refractivity contribution is -0.136. The van der Waals surface area contributed by atoms with E-state index >= 15 is 0 Å². The van der Waals surface area contributed by atoms with Gasteiger partial charge in [0, 0.05) is 12.2 Å². The minimum atomic E-state index is -0.899. The van der Waals surface area contributed by atoms with E-state index in [0.29, 0.717) is 16.3 Å². The third-order valence-corrected chi connectivity index (χ3v) is 8.00. The largest absolute Gasteiger partial charge is 0.325 e. The van der Waals surface area contributed by atoms with Crippen molar-refractivity contribution in [1.82, 2.24) is 9.88 Å². The molecule has 1 unspecified atom stereocenters. The van der Waals surface area contributed by atoms with Crippen LogP contribution < -0.4 is 4.90 Å². The summed E-state index contributed by atoms with van der Waals surface area (Å²) in [7, 11) is 0. The molecule has 1 aromatic heterocycles. The number of thioether (sulfide) groups is 1. The molecule has 1 saturated heterocycles. The summed E-state index contributed by atoms with van der Waals surface area (Å²) in [5, 5.41) is 10.2. The van der Waals surface area contributed by atoms with Crippen LogP contribution in [-0.2, 0) is 33.8 Å². The molecular weight excluding hydrogens is 496 g/mol. The van der Waals surface area contributed by atoms with Crippen molar-refractivity contribution in [3.63, 3.8) is 0 Å². The van der Waals surface area contributed by atoms with Crippen LogP contribution in [0.2, 0.25) is 0 Å². The number of carbonyl (C=O) groups is 3. The van der Waals surface area contributed by atoms with Gasteiger partial charge in [-0.1, -0.05) is 59.8 Å². The summed E-state index contributed by atoms with van der Waals surface area (Å²) >= 11 is 1.22. The zero-order valence-corrected chi connectivity index (χ0v) is 22.0. The van der Waals surface area contributed by atoms with Gasteiger partial charge in [0.15, 0.2) is 0 Å². The second kappa shape index (κ2) is 11.2. The Morgan fingerprint density at radius 3 is 2.58 bits per heavy atom. The highest BCUT2D eigenvalue weighted by atomic mass is 32.2. The Morgan fingerprint density at radius 2 is 1.84 bits per heavy atom. The molecule has 1 aliphatic carbocycles. The molecule has 0 N–H and O–H groups in total. The lowest BCUT2D eigenvalue weighted by Gasteiger charge is -2.28. The molecule has 0 bridgehead atoms. The van der Waals surface area contributed by atoms with Gasteiger partial charge in [-0.25, -0.2) is 9.88 Å². The summed E-state index contributed by atoms with van der Waals surface area (Å²) in [4.78, 5) is 47.6. The van der Waals surface area contributed by atoms with Crippen molar-refractivity contribution in [2.45, 2.75) is 56.6 Å². The Morgan fingerprint density at radius 1 is 1.11 bits per heavy atom. The van der Waals surface area contributed by atoms with Crippen LogP contribution in [0.1, 0.15) is 47.2 Å². The Labute approximate surface area is 226 Å². The molecule has 38 heavy (non-hydrogen) atoms. The first-order valence-electron chi connectivity index (χ1n) is 12.8. The maximum atomic E-state index is 13.6. The molecule has 1 fully saturated rings. The molecule has 192 valence electrons. The molecule has 3 aromatic rings. The predicted octanol–water partition coefficient (Wildman–Crippen LogP) is 4.59.